The molecule has 0 aliphatic heterocycles. The van der Waals surface area contributed by atoms with E-state index in [0.29, 0.717) is 13.0 Å². The molecule has 3 heteroatoms. The number of methoxy groups -OCH3 is 1. The van der Waals surface area contributed by atoms with Gasteiger partial charge in [0.25, 0.3) is 0 Å². The number of hydrogen-bond acceptors (Lipinski definition) is 2. The Balaban J connectivity index is 2.25. The molecule has 3 nitrogen and oxygen atoms in total. The molecule has 1 rings (SSSR count). The summed E-state index contributed by atoms with van der Waals surface area (Å²) >= 11 is 0. The van der Waals surface area contributed by atoms with Crippen molar-refractivity contribution in [3.63, 3.8) is 0 Å². The molecule has 0 saturated carbocycles. The van der Waals surface area contributed by atoms with E-state index in [2.05, 4.69) is 5.32 Å². The fraction of sp³-hybridized carbons (Fsp3) is 0.462. The first-order valence-corrected chi connectivity index (χ1v) is 5.54. The summed E-state index contributed by atoms with van der Waals surface area (Å²) in [6, 6.07) is 10.1. The molecule has 1 N–H and O–H groups in total. The van der Waals surface area contributed by atoms with Crippen molar-refractivity contribution in [1.82, 2.24) is 5.32 Å². The van der Waals surface area contributed by atoms with Gasteiger partial charge >= 0.3 is 0 Å². The monoisotopic (exact) mass is 221 g/mol. The number of nitrogens with one attached hydrogen (secondary N) is 1. The van der Waals surface area contributed by atoms with Crippen LogP contribution < -0.4 is 5.32 Å². The van der Waals surface area contributed by atoms with Gasteiger partial charge in [0.1, 0.15) is 0 Å². The number of benzene rings is 1. The molecule has 0 radical (unpaired) electrons. The Morgan fingerprint density at radius 3 is 2.69 bits per heavy atom. The van der Waals surface area contributed by atoms with Gasteiger partial charge in [0.05, 0.1) is 6.61 Å². The highest BCUT2D eigenvalue weighted by molar-refractivity contribution is 5.76. The van der Waals surface area contributed by atoms with Crippen molar-refractivity contribution in [2.45, 2.75) is 25.8 Å². The van der Waals surface area contributed by atoms with Gasteiger partial charge in [-0.1, -0.05) is 30.3 Å². The first kappa shape index (κ1) is 12.7. The average Bonchev–Trinajstić information content (AvgIpc) is 2.28. The van der Waals surface area contributed by atoms with Crippen molar-refractivity contribution in [2.75, 3.05) is 13.7 Å². The smallest absolute Gasteiger partial charge is 0.220 e. The van der Waals surface area contributed by atoms with Gasteiger partial charge < -0.3 is 10.1 Å². The van der Waals surface area contributed by atoms with E-state index < -0.39 is 0 Å². The van der Waals surface area contributed by atoms with Crippen LogP contribution in [-0.4, -0.2) is 25.7 Å². The van der Waals surface area contributed by atoms with Crippen molar-refractivity contribution in [3.05, 3.63) is 35.9 Å². The van der Waals surface area contributed by atoms with Gasteiger partial charge in [-0.15, -0.1) is 0 Å². The normalized spacial score (nSPS) is 12.1. The number of aryl methyl sites for hydroxylation is 1. The number of amides is 1. The minimum absolute atomic E-state index is 0.0771. The summed E-state index contributed by atoms with van der Waals surface area (Å²) < 4.78 is 4.95. The maximum Gasteiger partial charge on any atom is 0.220 e. The van der Waals surface area contributed by atoms with Crippen LogP contribution >= 0.6 is 0 Å². The van der Waals surface area contributed by atoms with Crippen molar-refractivity contribution in [1.29, 1.82) is 0 Å². The fourth-order valence-corrected chi connectivity index (χ4v) is 1.54. The zero-order valence-corrected chi connectivity index (χ0v) is 9.90. The molecule has 1 aromatic carbocycles. The lowest BCUT2D eigenvalue weighted by Crippen LogP contribution is -2.35. The zero-order chi connectivity index (χ0) is 11.8. The Morgan fingerprint density at radius 2 is 2.06 bits per heavy atom. The molecular weight excluding hydrogens is 202 g/mol. The van der Waals surface area contributed by atoms with E-state index in [-0.39, 0.29) is 11.9 Å². The third-order valence-corrected chi connectivity index (χ3v) is 2.31. The molecule has 1 atom stereocenters. The molecule has 0 fully saturated rings. The minimum atomic E-state index is 0.0771. The first-order chi connectivity index (χ1) is 7.72. The molecule has 0 heterocycles. The lowest BCUT2D eigenvalue weighted by atomic mass is 10.1. The van der Waals surface area contributed by atoms with Crippen LogP contribution in [0, 0.1) is 0 Å². The summed E-state index contributed by atoms with van der Waals surface area (Å²) in [5.74, 6) is 0.0772. The van der Waals surface area contributed by atoms with Crippen LogP contribution in [0.2, 0.25) is 0 Å². The summed E-state index contributed by atoms with van der Waals surface area (Å²) in [6.45, 7) is 2.49. The van der Waals surface area contributed by atoms with Crippen molar-refractivity contribution < 1.29 is 9.53 Å². The Bertz CT molecular complexity index is 311. The Labute approximate surface area is 96.8 Å². The van der Waals surface area contributed by atoms with Gasteiger partial charge in [0.15, 0.2) is 0 Å². The van der Waals surface area contributed by atoms with Crippen molar-refractivity contribution >= 4 is 5.91 Å². The van der Waals surface area contributed by atoms with Crippen molar-refractivity contribution in [2.24, 2.45) is 0 Å². The number of carbonyl (C=O) groups is 1. The number of rotatable bonds is 6. The molecule has 0 spiro atoms. The van der Waals surface area contributed by atoms with E-state index in [4.69, 9.17) is 4.74 Å². The molecule has 0 unspecified atom stereocenters. The molecule has 0 aliphatic rings. The van der Waals surface area contributed by atoms with E-state index in [1.54, 1.807) is 7.11 Å². The molecule has 16 heavy (non-hydrogen) atoms. The topological polar surface area (TPSA) is 38.3 Å². The molecule has 1 aromatic rings. The molecule has 1 amide bonds. The average molecular weight is 221 g/mol. The van der Waals surface area contributed by atoms with E-state index in [9.17, 15) is 4.79 Å². The highest BCUT2D eigenvalue weighted by atomic mass is 16.5. The maximum absolute atomic E-state index is 11.5. The molecule has 0 aromatic heterocycles. The van der Waals surface area contributed by atoms with Crippen LogP contribution in [0.15, 0.2) is 30.3 Å². The summed E-state index contributed by atoms with van der Waals surface area (Å²) in [5, 5.41) is 2.89. The van der Waals surface area contributed by atoms with Gasteiger partial charge in [-0.2, -0.15) is 0 Å². The van der Waals surface area contributed by atoms with E-state index in [1.165, 1.54) is 5.56 Å². The molecule has 0 saturated heterocycles. The predicted octanol–water partition coefficient (Wildman–Crippen LogP) is 1.77. The van der Waals surface area contributed by atoms with Crippen LogP contribution in [-0.2, 0) is 16.0 Å². The molecule has 0 bridgehead atoms. The highest BCUT2D eigenvalue weighted by Crippen LogP contribution is 2.02. The zero-order valence-electron chi connectivity index (χ0n) is 9.90. The highest BCUT2D eigenvalue weighted by Gasteiger charge is 2.06. The van der Waals surface area contributed by atoms with Crippen LogP contribution in [0.3, 0.4) is 0 Å². The lowest BCUT2D eigenvalue weighted by molar-refractivity contribution is -0.122. The Morgan fingerprint density at radius 1 is 1.38 bits per heavy atom. The van der Waals surface area contributed by atoms with E-state index in [1.807, 2.05) is 37.3 Å². The second-order valence-corrected chi connectivity index (χ2v) is 3.91. The van der Waals surface area contributed by atoms with Crippen LogP contribution in [0.1, 0.15) is 18.9 Å². The predicted molar refractivity (Wildman–Crippen MR) is 64.2 cm³/mol. The summed E-state index contributed by atoms with van der Waals surface area (Å²) in [4.78, 5) is 11.5. The van der Waals surface area contributed by atoms with Crippen LogP contribution in [0.5, 0.6) is 0 Å². The van der Waals surface area contributed by atoms with E-state index >= 15 is 0 Å². The van der Waals surface area contributed by atoms with Gasteiger partial charge in [0.2, 0.25) is 5.91 Å². The third-order valence-electron chi connectivity index (χ3n) is 2.31. The van der Waals surface area contributed by atoms with Gasteiger partial charge in [0, 0.05) is 19.6 Å². The minimum Gasteiger partial charge on any atom is -0.383 e. The summed E-state index contributed by atoms with van der Waals surface area (Å²) in [6.07, 6.45) is 1.31. The Kier molecular flexibility index (Phi) is 5.57. The van der Waals surface area contributed by atoms with Gasteiger partial charge in [-0.3, -0.25) is 4.79 Å². The lowest BCUT2D eigenvalue weighted by Gasteiger charge is -2.12. The summed E-state index contributed by atoms with van der Waals surface area (Å²) in [5.41, 5.74) is 1.19. The maximum atomic E-state index is 11.5. The quantitative estimate of drug-likeness (QED) is 0.795. The molecular formula is C13H19NO2. The standard InChI is InChI=1S/C13H19NO2/c1-11(10-16-2)14-13(15)9-8-12-6-4-3-5-7-12/h3-7,11H,8-10H2,1-2H3,(H,14,15)/t11-/m1/s1. The number of ether oxygens (including phenoxy) is 1. The largest absolute Gasteiger partial charge is 0.383 e. The fourth-order valence-electron chi connectivity index (χ4n) is 1.54. The van der Waals surface area contributed by atoms with Crippen molar-refractivity contribution in [3.8, 4) is 0 Å². The third kappa shape index (κ3) is 4.94. The number of hydrogen-bond donors (Lipinski definition) is 1. The SMILES string of the molecule is COC[C@@H](C)NC(=O)CCc1ccccc1. The molecule has 88 valence electrons. The Hall–Kier alpha value is -1.35. The second kappa shape index (κ2) is 7.01. The first-order valence-electron chi connectivity index (χ1n) is 5.54. The van der Waals surface area contributed by atoms with E-state index in [0.717, 1.165) is 6.42 Å². The van der Waals surface area contributed by atoms with Gasteiger partial charge in [-0.25, -0.2) is 0 Å². The van der Waals surface area contributed by atoms with Crippen LogP contribution in [0.4, 0.5) is 0 Å². The summed E-state index contributed by atoms with van der Waals surface area (Å²) in [7, 11) is 1.63. The van der Waals surface area contributed by atoms with Crippen LogP contribution in [0.25, 0.3) is 0 Å². The second-order valence-electron chi connectivity index (χ2n) is 3.91. The number of carbonyl (C=O) groups excluding carboxylic acids is 1. The molecule has 0 aliphatic carbocycles. The van der Waals surface area contributed by atoms with Gasteiger partial charge in [-0.05, 0) is 18.9 Å².